The number of rotatable bonds is 5. The zero-order valence-electron chi connectivity index (χ0n) is 11.3. The SMILES string of the molecule is O=[N+]([O-])C1([N+](=O)[O-])C2CCCC2ON1OCC1(O)CCC1. The van der Waals surface area contributed by atoms with E-state index in [1.165, 1.54) is 0 Å². The predicted molar refractivity (Wildman–Crippen MR) is 65.5 cm³/mol. The lowest BCUT2D eigenvalue weighted by atomic mass is 9.81. The highest BCUT2D eigenvalue weighted by atomic mass is 17.0. The molecule has 2 atom stereocenters. The number of hydrogen-bond acceptors (Lipinski definition) is 8. The van der Waals surface area contributed by atoms with E-state index in [0.29, 0.717) is 37.3 Å². The Bertz CT molecular complexity index is 453. The van der Waals surface area contributed by atoms with E-state index in [4.69, 9.17) is 9.68 Å². The quantitative estimate of drug-likeness (QED) is 0.440. The highest BCUT2D eigenvalue weighted by Gasteiger charge is 2.78. The Kier molecular flexibility index (Phi) is 3.35. The minimum Gasteiger partial charge on any atom is -0.387 e. The number of aliphatic hydroxyl groups is 1. The molecule has 2 unspecified atom stereocenters. The zero-order valence-corrected chi connectivity index (χ0v) is 11.3. The van der Waals surface area contributed by atoms with Gasteiger partial charge in [0.2, 0.25) is 0 Å². The number of hydrogen-bond donors (Lipinski definition) is 1. The second-order valence-electron chi connectivity index (χ2n) is 5.99. The minimum absolute atomic E-state index is 0.240. The van der Waals surface area contributed by atoms with Gasteiger partial charge in [0.15, 0.2) is 5.92 Å². The Labute approximate surface area is 119 Å². The highest BCUT2D eigenvalue weighted by molar-refractivity contribution is 4.91. The van der Waals surface area contributed by atoms with Gasteiger partial charge in [0.1, 0.15) is 22.6 Å². The van der Waals surface area contributed by atoms with Crippen LogP contribution in [0.25, 0.3) is 0 Å². The van der Waals surface area contributed by atoms with Crippen molar-refractivity contribution in [1.29, 1.82) is 0 Å². The van der Waals surface area contributed by atoms with E-state index in [-0.39, 0.29) is 6.61 Å². The smallest absolute Gasteiger partial charge is 0.387 e. The summed E-state index contributed by atoms with van der Waals surface area (Å²) in [5.74, 6) is -3.47. The highest BCUT2D eigenvalue weighted by Crippen LogP contribution is 2.47. The molecule has 0 aromatic rings. The van der Waals surface area contributed by atoms with Gasteiger partial charge in [0, 0.05) is 0 Å². The van der Waals surface area contributed by atoms with Gasteiger partial charge in [-0.05, 0) is 38.5 Å². The fourth-order valence-electron chi connectivity index (χ4n) is 3.34. The molecule has 10 heteroatoms. The summed E-state index contributed by atoms with van der Waals surface area (Å²) in [5, 5.41) is 33.2. The molecule has 3 rings (SSSR count). The maximum atomic E-state index is 11.4. The van der Waals surface area contributed by atoms with Crippen molar-refractivity contribution in [2.45, 2.75) is 56.0 Å². The van der Waals surface area contributed by atoms with E-state index in [0.717, 1.165) is 6.42 Å². The van der Waals surface area contributed by atoms with E-state index in [2.05, 4.69) is 0 Å². The van der Waals surface area contributed by atoms with Crippen LogP contribution >= 0.6 is 0 Å². The third kappa shape index (κ3) is 2.01. The second kappa shape index (κ2) is 4.83. The average Bonchev–Trinajstić information content (AvgIpc) is 2.92. The molecule has 0 aromatic carbocycles. The number of nitro groups is 2. The van der Waals surface area contributed by atoms with Crippen molar-refractivity contribution in [3.8, 4) is 0 Å². The Morgan fingerprint density at radius 2 is 1.90 bits per heavy atom. The number of fused-ring (bicyclic) bond motifs is 1. The van der Waals surface area contributed by atoms with Crippen molar-refractivity contribution >= 4 is 0 Å². The summed E-state index contributed by atoms with van der Waals surface area (Å²) < 4.78 is 0. The van der Waals surface area contributed by atoms with Crippen LogP contribution in [0.15, 0.2) is 0 Å². The van der Waals surface area contributed by atoms with Crippen molar-refractivity contribution in [3.63, 3.8) is 0 Å². The van der Waals surface area contributed by atoms with Crippen LogP contribution in [0.3, 0.4) is 0 Å². The second-order valence-corrected chi connectivity index (χ2v) is 5.99. The van der Waals surface area contributed by atoms with Gasteiger partial charge in [-0.2, -0.15) is 0 Å². The molecule has 21 heavy (non-hydrogen) atoms. The third-order valence-corrected chi connectivity index (χ3v) is 4.72. The number of nitrogens with zero attached hydrogens (tertiary/aromatic N) is 3. The third-order valence-electron chi connectivity index (χ3n) is 4.72. The summed E-state index contributed by atoms with van der Waals surface area (Å²) in [6.07, 6.45) is 2.79. The molecular weight excluding hydrogens is 286 g/mol. The van der Waals surface area contributed by atoms with Crippen molar-refractivity contribution in [2.75, 3.05) is 6.61 Å². The molecule has 2 aliphatic carbocycles. The molecular formula is C11H17N3O7. The van der Waals surface area contributed by atoms with Crippen LogP contribution in [0.5, 0.6) is 0 Å². The fraction of sp³-hybridized carbons (Fsp3) is 1.00. The Morgan fingerprint density at radius 1 is 1.24 bits per heavy atom. The minimum atomic E-state index is -2.62. The lowest BCUT2D eigenvalue weighted by Gasteiger charge is -2.36. The van der Waals surface area contributed by atoms with E-state index < -0.39 is 33.3 Å². The molecule has 118 valence electrons. The Balaban J connectivity index is 1.83. The Hall–Kier alpha value is -1.36. The van der Waals surface area contributed by atoms with Crippen molar-refractivity contribution < 1.29 is 24.6 Å². The van der Waals surface area contributed by atoms with Gasteiger partial charge >= 0.3 is 5.79 Å². The lowest BCUT2D eigenvalue weighted by molar-refractivity contribution is -0.858. The van der Waals surface area contributed by atoms with Crippen LogP contribution in [0.1, 0.15) is 38.5 Å². The van der Waals surface area contributed by atoms with Crippen LogP contribution in [-0.4, -0.2) is 44.3 Å². The van der Waals surface area contributed by atoms with Gasteiger partial charge in [-0.3, -0.25) is 29.9 Å². The van der Waals surface area contributed by atoms with Crippen LogP contribution in [-0.2, 0) is 9.68 Å². The van der Waals surface area contributed by atoms with Crippen molar-refractivity contribution in [1.82, 2.24) is 5.23 Å². The molecule has 1 heterocycles. The van der Waals surface area contributed by atoms with E-state index in [1.54, 1.807) is 0 Å². The molecule has 3 fully saturated rings. The van der Waals surface area contributed by atoms with Crippen LogP contribution in [0.2, 0.25) is 0 Å². The maximum Gasteiger partial charge on any atom is 0.571 e. The first-order valence-corrected chi connectivity index (χ1v) is 7.01. The van der Waals surface area contributed by atoms with Gasteiger partial charge in [-0.1, -0.05) is 0 Å². The first-order chi connectivity index (χ1) is 9.90. The summed E-state index contributed by atoms with van der Waals surface area (Å²) in [7, 11) is 0. The van der Waals surface area contributed by atoms with E-state index in [9.17, 15) is 25.3 Å². The van der Waals surface area contributed by atoms with Crippen molar-refractivity contribution in [3.05, 3.63) is 20.2 Å². The van der Waals surface area contributed by atoms with Crippen LogP contribution < -0.4 is 0 Å². The topological polar surface area (TPSA) is 128 Å². The summed E-state index contributed by atoms with van der Waals surface area (Å²) in [6, 6.07) is 0. The molecule has 0 aromatic heterocycles. The van der Waals surface area contributed by atoms with Crippen LogP contribution in [0, 0.1) is 26.1 Å². The van der Waals surface area contributed by atoms with Crippen LogP contribution in [0.4, 0.5) is 0 Å². The molecule has 0 spiro atoms. The molecule has 1 aliphatic heterocycles. The van der Waals surface area contributed by atoms with Gasteiger partial charge in [-0.25, -0.2) is 0 Å². The van der Waals surface area contributed by atoms with Crippen molar-refractivity contribution in [2.24, 2.45) is 5.92 Å². The zero-order chi connectivity index (χ0) is 15.3. The first-order valence-electron chi connectivity index (χ1n) is 7.01. The number of hydroxylamine groups is 2. The molecule has 0 bridgehead atoms. The standard InChI is InChI=1S/C11H17N3O7/c15-10(5-2-6-10)7-20-14-11(12(16)17,13(18)19)8-3-1-4-9(8)21-14/h8-9,15H,1-7H2. The largest absolute Gasteiger partial charge is 0.571 e. The lowest BCUT2D eigenvalue weighted by Crippen LogP contribution is -2.60. The molecule has 2 saturated carbocycles. The van der Waals surface area contributed by atoms with Gasteiger partial charge in [-0.15, -0.1) is 0 Å². The molecule has 3 aliphatic rings. The molecule has 0 amide bonds. The fourth-order valence-corrected chi connectivity index (χ4v) is 3.34. The predicted octanol–water partition coefficient (Wildman–Crippen LogP) is 0.456. The molecule has 1 N–H and O–H groups in total. The molecule has 1 saturated heterocycles. The van der Waals surface area contributed by atoms with E-state index in [1.807, 2.05) is 0 Å². The average molecular weight is 303 g/mol. The summed E-state index contributed by atoms with van der Waals surface area (Å²) in [6.45, 7) is -0.240. The van der Waals surface area contributed by atoms with Gasteiger partial charge in [0.25, 0.3) is 0 Å². The molecule has 10 nitrogen and oxygen atoms in total. The monoisotopic (exact) mass is 303 g/mol. The van der Waals surface area contributed by atoms with Gasteiger partial charge < -0.3 is 5.11 Å². The van der Waals surface area contributed by atoms with E-state index >= 15 is 0 Å². The first kappa shape index (κ1) is 14.6. The summed E-state index contributed by atoms with van der Waals surface area (Å²) >= 11 is 0. The maximum absolute atomic E-state index is 11.4. The Morgan fingerprint density at radius 3 is 2.43 bits per heavy atom. The summed E-state index contributed by atoms with van der Waals surface area (Å²) in [4.78, 5) is 31.4. The summed E-state index contributed by atoms with van der Waals surface area (Å²) in [5.41, 5.74) is -1.07. The van der Waals surface area contributed by atoms with Gasteiger partial charge in [0.05, 0.1) is 10.8 Å². The molecule has 0 radical (unpaired) electrons. The normalized spacial score (nSPS) is 33.4.